The molecule has 0 amide bonds. The maximum Gasteiger partial charge on any atom is 0.0366 e. The monoisotopic (exact) mass is 287 g/mol. The lowest BCUT2D eigenvalue weighted by Gasteiger charge is -2.36. The van der Waals surface area contributed by atoms with E-state index in [-0.39, 0.29) is 0 Å². The molecule has 2 unspecified atom stereocenters. The summed E-state index contributed by atoms with van der Waals surface area (Å²) in [7, 11) is 0. The summed E-state index contributed by atoms with van der Waals surface area (Å²) in [6.07, 6.45) is 1.37. The summed E-state index contributed by atoms with van der Waals surface area (Å²) < 4.78 is 0. The highest BCUT2D eigenvalue weighted by molar-refractivity contribution is 5.48. The van der Waals surface area contributed by atoms with Crippen LogP contribution in [0.3, 0.4) is 0 Å². The number of hydrogen-bond donors (Lipinski definition) is 1. The Kier molecular flexibility index (Phi) is 4.81. The lowest BCUT2D eigenvalue weighted by molar-refractivity contribution is 0.233. The molecule has 3 rings (SSSR count). The van der Waals surface area contributed by atoms with Crippen LogP contribution in [0.2, 0.25) is 0 Å². The maximum atomic E-state index is 3.41. The average molecular weight is 287 g/mol. The molecule has 0 saturated carbocycles. The van der Waals surface area contributed by atoms with Gasteiger partial charge in [-0.1, -0.05) is 26.0 Å². The second-order valence-corrected chi connectivity index (χ2v) is 7.04. The molecule has 3 nitrogen and oxygen atoms in total. The minimum Gasteiger partial charge on any atom is -0.371 e. The smallest absolute Gasteiger partial charge is 0.0366 e. The van der Waals surface area contributed by atoms with Gasteiger partial charge in [-0.15, -0.1) is 0 Å². The van der Waals surface area contributed by atoms with Crippen LogP contribution in [0.15, 0.2) is 24.3 Å². The third kappa shape index (κ3) is 3.98. The van der Waals surface area contributed by atoms with Crippen LogP contribution in [-0.2, 0) is 6.54 Å². The number of nitrogens with one attached hydrogen (secondary N) is 1. The van der Waals surface area contributed by atoms with Crippen molar-refractivity contribution in [2.24, 2.45) is 11.8 Å². The molecule has 0 radical (unpaired) electrons. The summed E-state index contributed by atoms with van der Waals surface area (Å²) in [5.74, 6) is 1.63. The van der Waals surface area contributed by atoms with Gasteiger partial charge in [-0.25, -0.2) is 0 Å². The first kappa shape index (κ1) is 14.9. The Labute approximate surface area is 129 Å². The third-order valence-electron chi connectivity index (χ3n) is 4.79. The summed E-state index contributed by atoms with van der Waals surface area (Å²) in [5, 5.41) is 3.41. The van der Waals surface area contributed by atoms with Gasteiger partial charge in [-0.2, -0.15) is 0 Å². The Balaban J connectivity index is 1.60. The van der Waals surface area contributed by atoms with E-state index in [1.165, 1.54) is 43.9 Å². The van der Waals surface area contributed by atoms with Crippen molar-refractivity contribution in [3.8, 4) is 0 Å². The minimum absolute atomic E-state index is 0.814. The number of hydrogen-bond acceptors (Lipinski definition) is 3. The van der Waals surface area contributed by atoms with Gasteiger partial charge in [0.2, 0.25) is 0 Å². The van der Waals surface area contributed by atoms with E-state index in [2.05, 4.69) is 53.2 Å². The van der Waals surface area contributed by atoms with Crippen LogP contribution in [0.25, 0.3) is 0 Å². The zero-order chi connectivity index (χ0) is 14.7. The average Bonchev–Trinajstić information content (AvgIpc) is 2.48. The molecule has 2 aliphatic heterocycles. The summed E-state index contributed by atoms with van der Waals surface area (Å²) in [5.41, 5.74) is 2.84. The Morgan fingerprint density at radius 2 is 1.62 bits per heavy atom. The molecule has 2 saturated heterocycles. The van der Waals surface area contributed by atoms with E-state index in [9.17, 15) is 0 Å². The predicted octanol–water partition coefficient (Wildman–Crippen LogP) is 2.57. The van der Waals surface area contributed by atoms with Gasteiger partial charge in [0.1, 0.15) is 0 Å². The molecule has 116 valence electrons. The highest BCUT2D eigenvalue weighted by atomic mass is 15.2. The standard InChI is InChI=1S/C18H29N3/c1-15-11-16(2)13-21(12-15)18-5-3-17(4-6-18)14-20-9-7-19-8-10-20/h3-6,15-16,19H,7-14H2,1-2H3. The summed E-state index contributed by atoms with van der Waals surface area (Å²) in [6, 6.07) is 9.28. The first-order chi connectivity index (χ1) is 10.2. The molecule has 2 fully saturated rings. The normalized spacial score (nSPS) is 27.8. The highest BCUT2D eigenvalue weighted by Gasteiger charge is 2.21. The molecule has 3 heteroatoms. The lowest BCUT2D eigenvalue weighted by Crippen LogP contribution is -2.42. The van der Waals surface area contributed by atoms with Crippen molar-refractivity contribution in [3.05, 3.63) is 29.8 Å². The summed E-state index contributed by atoms with van der Waals surface area (Å²) in [4.78, 5) is 5.10. The van der Waals surface area contributed by atoms with Crippen LogP contribution in [0.5, 0.6) is 0 Å². The topological polar surface area (TPSA) is 18.5 Å². The molecule has 0 spiro atoms. The molecule has 2 heterocycles. The second kappa shape index (κ2) is 6.80. The number of rotatable bonds is 3. The fourth-order valence-electron chi connectivity index (χ4n) is 3.81. The molecule has 1 aromatic carbocycles. The fraction of sp³-hybridized carbons (Fsp3) is 0.667. The highest BCUT2D eigenvalue weighted by Crippen LogP contribution is 2.26. The van der Waals surface area contributed by atoms with Gasteiger partial charge >= 0.3 is 0 Å². The van der Waals surface area contributed by atoms with Gasteiger partial charge in [0, 0.05) is 51.5 Å². The number of piperidine rings is 1. The zero-order valence-electron chi connectivity index (χ0n) is 13.5. The van der Waals surface area contributed by atoms with E-state index in [0.717, 1.165) is 31.5 Å². The van der Waals surface area contributed by atoms with Gasteiger partial charge in [-0.3, -0.25) is 4.90 Å². The Bertz CT molecular complexity index is 426. The summed E-state index contributed by atoms with van der Waals surface area (Å²) in [6.45, 7) is 12.9. The van der Waals surface area contributed by atoms with Crippen molar-refractivity contribution < 1.29 is 0 Å². The van der Waals surface area contributed by atoms with Crippen LogP contribution < -0.4 is 10.2 Å². The predicted molar refractivity (Wildman–Crippen MR) is 89.7 cm³/mol. The zero-order valence-corrected chi connectivity index (χ0v) is 13.5. The Morgan fingerprint density at radius 1 is 1.00 bits per heavy atom. The lowest BCUT2D eigenvalue weighted by atomic mass is 9.91. The first-order valence-corrected chi connectivity index (χ1v) is 8.47. The van der Waals surface area contributed by atoms with Gasteiger partial charge < -0.3 is 10.2 Å². The number of anilines is 1. The van der Waals surface area contributed by atoms with Crippen LogP contribution in [0.4, 0.5) is 5.69 Å². The molecule has 2 atom stereocenters. The van der Waals surface area contributed by atoms with Gasteiger partial charge in [-0.05, 0) is 36.0 Å². The second-order valence-electron chi connectivity index (χ2n) is 7.04. The minimum atomic E-state index is 0.814. The fourth-order valence-corrected chi connectivity index (χ4v) is 3.81. The molecule has 21 heavy (non-hydrogen) atoms. The Morgan fingerprint density at radius 3 is 2.24 bits per heavy atom. The SMILES string of the molecule is CC1CC(C)CN(c2ccc(CN3CCNCC3)cc2)C1. The third-order valence-corrected chi connectivity index (χ3v) is 4.79. The van der Waals surface area contributed by atoms with Gasteiger partial charge in [0.15, 0.2) is 0 Å². The van der Waals surface area contributed by atoms with E-state index < -0.39 is 0 Å². The molecule has 0 bridgehead atoms. The van der Waals surface area contributed by atoms with Crippen molar-refractivity contribution in [1.29, 1.82) is 0 Å². The van der Waals surface area contributed by atoms with E-state index in [0.29, 0.717) is 0 Å². The number of benzene rings is 1. The molecular weight excluding hydrogens is 258 g/mol. The van der Waals surface area contributed by atoms with E-state index in [1.807, 2.05) is 0 Å². The molecule has 0 aromatic heterocycles. The van der Waals surface area contributed by atoms with E-state index >= 15 is 0 Å². The summed E-state index contributed by atoms with van der Waals surface area (Å²) >= 11 is 0. The van der Waals surface area contributed by atoms with Gasteiger partial charge in [0.05, 0.1) is 0 Å². The Hall–Kier alpha value is -1.06. The van der Waals surface area contributed by atoms with E-state index in [1.54, 1.807) is 0 Å². The molecular formula is C18H29N3. The van der Waals surface area contributed by atoms with E-state index in [4.69, 9.17) is 0 Å². The number of nitrogens with zero attached hydrogens (tertiary/aromatic N) is 2. The first-order valence-electron chi connectivity index (χ1n) is 8.47. The van der Waals surface area contributed by atoms with Crippen molar-refractivity contribution in [1.82, 2.24) is 10.2 Å². The van der Waals surface area contributed by atoms with Crippen LogP contribution >= 0.6 is 0 Å². The van der Waals surface area contributed by atoms with Crippen molar-refractivity contribution in [2.75, 3.05) is 44.2 Å². The maximum absolute atomic E-state index is 3.41. The molecule has 0 aliphatic carbocycles. The van der Waals surface area contributed by atoms with Crippen LogP contribution in [0, 0.1) is 11.8 Å². The van der Waals surface area contributed by atoms with Crippen molar-refractivity contribution in [3.63, 3.8) is 0 Å². The van der Waals surface area contributed by atoms with Crippen molar-refractivity contribution in [2.45, 2.75) is 26.8 Å². The largest absolute Gasteiger partial charge is 0.371 e. The van der Waals surface area contributed by atoms with Crippen LogP contribution in [0.1, 0.15) is 25.8 Å². The van der Waals surface area contributed by atoms with Crippen molar-refractivity contribution >= 4 is 5.69 Å². The molecule has 1 aromatic rings. The van der Waals surface area contributed by atoms with Crippen LogP contribution in [-0.4, -0.2) is 44.2 Å². The quantitative estimate of drug-likeness (QED) is 0.922. The molecule has 1 N–H and O–H groups in total. The van der Waals surface area contributed by atoms with Gasteiger partial charge in [0.25, 0.3) is 0 Å². The number of piperazine rings is 1. The molecule has 2 aliphatic rings.